The number of carbonyl (C=O) groups is 1. The van der Waals surface area contributed by atoms with Gasteiger partial charge in [0, 0.05) is 12.6 Å². The molecular weight excluding hydrogens is 246 g/mol. The van der Waals surface area contributed by atoms with Crippen LogP contribution in [-0.2, 0) is 0 Å². The summed E-state index contributed by atoms with van der Waals surface area (Å²) < 4.78 is 0. The van der Waals surface area contributed by atoms with Crippen molar-refractivity contribution in [3.05, 3.63) is 17.0 Å². The van der Waals surface area contributed by atoms with Gasteiger partial charge in [0.1, 0.15) is 11.9 Å². The molecule has 0 aliphatic rings. The lowest BCUT2D eigenvalue weighted by Crippen LogP contribution is -2.36. The molecule has 1 aromatic rings. The lowest BCUT2D eigenvalue weighted by Gasteiger charge is -2.12. The van der Waals surface area contributed by atoms with Crippen molar-refractivity contribution in [2.24, 2.45) is 0 Å². The number of amides is 1. The van der Waals surface area contributed by atoms with Gasteiger partial charge in [-0.05, 0) is 6.92 Å². The van der Waals surface area contributed by atoms with Gasteiger partial charge in [-0.2, -0.15) is 5.26 Å². The van der Waals surface area contributed by atoms with E-state index in [0.29, 0.717) is 12.4 Å². The second kappa shape index (κ2) is 5.86. The Morgan fingerprint density at radius 3 is 3.00 bits per heavy atom. The number of nitrogens with zero attached hydrogens (tertiary/aromatic N) is 3. The van der Waals surface area contributed by atoms with Crippen LogP contribution in [0, 0.1) is 11.3 Å². The summed E-state index contributed by atoms with van der Waals surface area (Å²) in [5.74, 6) is 0.382. The van der Waals surface area contributed by atoms with Crippen molar-refractivity contribution in [3.63, 3.8) is 0 Å². The zero-order chi connectivity index (χ0) is 12.8. The highest BCUT2D eigenvalue weighted by atomic mass is 35.5. The highest BCUT2D eigenvalue weighted by Gasteiger charge is 2.07. The Morgan fingerprint density at radius 1 is 1.76 bits per heavy atom. The standard InChI is InChI=1S/C9H10ClN5O2/c1-5(14-9(16)17)3-13-7-4-12-6(2-11)8(10)15-7/h4-5,14H,3H2,1H3,(H,13,15)(H,16,17). The first-order valence-electron chi connectivity index (χ1n) is 4.69. The number of nitrogens with one attached hydrogen (secondary N) is 2. The summed E-state index contributed by atoms with van der Waals surface area (Å²) in [4.78, 5) is 18.0. The first-order valence-corrected chi connectivity index (χ1v) is 5.06. The SMILES string of the molecule is CC(CNc1cnc(C#N)c(Cl)n1)NC(=O)O. The fourth-order valence-corrected chi connectivity index (χ4v) is 1.23. The number of nitriles is 1. The van der Waals surface area contributed by atoms with Gasteiger partial charge >= 0.3 is 6.09 Å². The fraction of sp³-hybridized carbons (Fsp3) is 0.333. The van der Waals surface area contributed by atoms with E-state index in [0.717, 1.165) is 0 Å². The summed E-state index contributed by atoms with van der Waals surface area (Å²) >= 11 is 5.68. The molecule has 0 aliphatic heterocycles. The number of rotatable bonds is 4. The highest BCUT2D eigenvalue weighted by molar-refractivity contribution is 6.30. The molecule has 90 valence electrons. The monoisotopic (exact) mass is 255 g/mol. The maximum absolute atomic E-state index is 10.3. The molecule has 1 unspecified atom stereocenters. The third-order valence-corrected chi connectivity index (χ3v) is 2.06. The van der Waals surface area contributed by atoms with Crippen LogP contribution >= 0.6 is 11.6 Å². The number of halogens is 1. The van der Waals surface area contributed by atoms with Gasteiger partial charge in [-0.25, -0.2) is 14.8 Å². The van der Waals surface area contributed by atoms with Crippen molar-refractivity contribution < 1.29 is 9.90 Å². The number of hydrogen-bond acceptors (Lipinski definition) is 5. The van der Waals surface area contributed by atoms with Gasteiger partial charge < -0.3 is 15.7 Å². The van der Waals surface area contributed by atoms with Crippen LogP contribution in [0.5, 0.6) is 0 Å². The van der Waals surface area contributed by atoms with Crippen molar-refractivity contribution in [3.8, 4) is 6.07 Å². The van der Waals surface area contributed by atoms with Crippen LogP contribution in [0.25, 0.3) is 0 Å². The molecule has 1 rings (SSSR count). The van der Waals surface area contributed by atoms with E-state index in [4.69, 9.17) is 22.0 Å². The minimum atomic E-state index is -1.09. The molecule has 0 saturated carbocycles. The molecule has 8 heteroatoms. The molecule has 0 fully saturated rings. The van der Waals surface area contributed by atoms with E-state index in [2.05, 4.69) is 20.6 Å². The summed E-state index contributed by atoms with van der Waals surface area (Å²) in [6.07, 6.45) is 0.265. The zero-order valence-corrected chi connectivity index (χ0v) is 9.69. The van der Waals surface area contributed by atoms with E-state index in [9.17, 15) is 4.79 Å². The first kappa shape index (κ1) is 13.0. The van der Waals surface area contributed by atoms with Gasteiger partial charge in [0.05, 0.1) is 6.20 Å². The number of carboxylic acid groups (broad SMARTS) is 1. The van der Waals surface area contributed by atoms with Gasteiger partial charge in [0.2, 0.25) is 0 Å². The maximum Gasteiger partial charge on any atom is 0.404 e. The normalized spacial score (nSPS) is 11.4. The van der Waals surface area contributed by atoms with Gasteiger partial charge in [0.25, 0.3) is 0 Å². The van der Waals surface area contributed by atoms with E-state index in [-0.39, 0.29) is 16.9 Å². The van der Waals surface area contributed by atoms with Crippen LogP contribution in [0.1, 0.15) is 12.6 Å². The molecule has 3 N–H and O–H groups in total. The third kappa shape index (κ3) is 4.12. The number of anilines is 1. The molecular formula is C9H10ClN5O2. The molecule has 17 heavy (non-hydrogen) atoms. The summed E-state index contributed by atoms with van der Waals surface area (Å²) in [6, 6.07) is 1.50. The highest BCUT2D eigenvalue weighted by Crippen LogP contribution is 2.12. The molecule has 0 aromatic carbocycles. The van der Waals surface area contributed by atoms with Crippen LogP contribution in [0.3, 0.4) is 0 Å². The Balaban J connectivity index is 2.56. The Kier molecular flexibility index (Phi) is 4.48. The van der Waals surface area contributed by atoms with E-state index in [1.165, 1.54) is 6.20 Å². The lowest BCUT2D eigenvalue weighted by molar-refractivity contribution is 0.191. The molecule has 0 saturated heterocycles. The summed E-state index contributed by atoms with van der Waals surface area (Å²) in [7, 11) is 0. The smallest absolute Gasteiger partial charge is 0.404 e. The van der Waals surface area contributed by atoms with Gasteiger partial charge in [-0.3, -0.25) is 0 Å². The molecule has 1 heterocycles. The van der Waals surface area contributed by atoms with Crippen LogP contribution in [0.2, 0.25) is 5.15 Å². The van der Waals surface area contributed by atoms with Crippen molar-refractivity contribution >= 4 is 23.5 Å². The van der Waals surface area contributed by atoms with Crippen LogP contribution < -0.4 is 10.6 Å². The predicted octanol–water partition coefficient (Wildman–Crippen LogP) is 1.07. The first-order chi connectivity index (χ1) is 8.02. The van der Waals surface area contributed by atoms with Crippen LogP contribution in [0.15, 0.2) is 6.20 Å². The number of hydrogen-bond donors (Lipinski definition) is 3. The van der Waals surface area contributed by atoms with Crippen molar-refractivity contribution in [2.75, 3.05) is 11.9 Å². The molecule has 1 aromatic heterocycles. The average molecular weight is 256 g/mol. The van der Waals surface area contributed by atoms with Gasteiger partial charge in [-0.1, -0.05) is 11.6 Å². The number of aromatic nitrogens is 2. The van der Waals surface area contributed by atoms with E-state index in [1.54, 1.807) is 13.0 Å². The quantitative estimate of drug-likeness (QED) is 0.742. The van der Waals surface area contributed by atoms with Crippen molar-refractivity contribution in [1.29, 1.82) is 5.26 Å². The van der Waals surface area contributed by atoms with Crippen molar-refractivity contribution in [2.45, 2.75) is 13.0 Å². The topological polar surface area (TPSA) is 111 Å². The zero-order valence-electron chi connectivity index (χ0n) is 8.94. The molecule has 7 nitrogen and oxygen atoms in total. The molecule has 0 radical (unpaired) electrons. The van der Waals surface area contributed by atoms with Gasteiger partial charge in [-0.15, -0.1) is 0 Å². The minimum absolute atomic E-state index is 0.0105. The average Bonchev–Trinajstić information content (AvgIpc) is 2.25. The molecule has 0 bridgehead atoms. The minimum Gasteiger partial charge on any atom is -0.465 e. The largest absolute Gasteiger partial charge is 0.465 e. The molecule has 1 amide bonds. The van der Waals surface area contributed by atoms with E-state index < -0.39 is 6.09 Å². The summed E-state index contributed by atoms with van der Waals surface area (Å²) in [5.41, 5.74) is 0.0499. The maximum atomic E-state index is 10.3. The van der Waals surface area contributed by atoms with E-state index in [1.807, 2.05) is 0 Å². The molecule has 1 atom stereocenters. The molecule has 0 spiro atoms. The van der Waals surface area contributed by atoms with Crippen LogP contribution in [0.4, 0.5) is 10.6 Å². The predicted molar refractivity (Wildman–Crippen MR) is 60.9 cm³/mol. The Bertz CT molecular complexity index is 459. The summed E-state index contributed by atoms with van der Waals surface area (Å²) in [6.45, 7) is 2.03. The molecule has 0 aliphatic carbocycles. The Hall–Kier alpha value is -2.07. The Labute approximate surface area is 102 Å². The summed E-state index contributed by atoms with van der Waals surface area (Å²) in [5, 5.41) is 22.2. The fourth-order valence-electron chi connectivity index (χ4n) is 1.05. The second-order valence-corrected chi connectivity index (χ2v) is 3.60. The van der Waals surface area contributed by atoms with Crippen molar-refractivity contribution in [1.82, 2.24) is 15.3 Å². The second-order valence-electron chi connectivity index (χ2n) is 3.24. The van der Waals surface area contributed by atoms with E-state index >= 15 is 0 Å². The van der Waals surface area contributed by atoms with Gasteiger partial charge in [0.15, 0.2) is 10.8 Å². The lowest BCUT2D eigenvalue weighted by atomic mass is 10.3. The van der Waals surface area contributed by atoms with Crippen LogP contribution in [-0.4, -0.2) is 33.8 Å². The Morgan fingerprint density at radius 2 is 2.47 bits per heavy atom. The third-order valence-electron chi connectivity index (χ3n) is 1.80.